The van der Waals surface area contributed by atoms with Crippen molar-refractivity contribution in [2.45, 2.75) is 36.6 Å². The first-order valence-corrected chi connectivity index (χ1v) is 32.4. The van der Waals surface area contributed by atoms with Gasteiger partial charge in [0.25, 0.3) is 0 Å². The molecule has 5 nitrogen and oxygen atoms in total. The molecule has 0 saturated heterocycles. The van der Waals surface area contributed by atoms with E-state index in [2.05, 4.69) is 66.6 Å². The van der Waals surface area contributed by atoms with E-state index in [9.17, 15) is 0 Å². The Morgan fingerprint density at radius 2 is 1.16 bits per heavy atom. The van der Waals surface area contributed by atoms with Crippen molar-refractivity contribution in [1.29, 1.82) is 0 Å². The van der Waals surface area contributed by atoms with Crippen LogP contribution in [0, 0.1) is 0 Å². The van der Waals surface area contributed by atoms with Gasteiger partial charge in [-0.2, -0.15) is 0 Å². The number of hydrogen-bond acceptors (Lipinski definition) is 5. The largest absolute Gasteiger partial charge is 0.394 e. The fourth-order valence-corrected chi connectivity index (χ4v) is 40.1. The summed E-state index contributed by atoms with van der Waals surface area (Å²) in [6, 6.07) is 0. The van der Waals surface area contributed by atoms with Crippen molar-refractivity contribution in [2.24, 2.45) is 0 Å². The van der Waals surface area contributed by atoms with Crippen LogP contribution in [0.4, 0.5) is 0 Å². The summed E-state index contributed by atoms with van der Waals surface area (Å²) in [4.78, 5) is 2.33. The number of alkyl halides is 1. The van der Waals surface area contributed by atoms with Crippen molar-refractivity contribution < 1.29 is 97.9 Å². The van der Waals surface area contributed by atoms with Gasteiger partial charge < -0.3 is 9.84 Å². The SMILES string of the molecule is C.C.C.C.CCS(C)(O[I-]S(C)(C)C)[I-]OS(C)(C)[I-]OS(C)(C)[I-]C.COCCO. The van der Waals surface area contributed by atoms with Crippen molar-refractivity contribution in [3.63, 3.8) is 0 Å². The molecule has 13 heteroatoms. The molecular formula is C18H56I4O5S4-4. The number of ether oxygens (including phenoxy) is 1. The van der Waals surface area contributed by atoms with Crippen LogP contribution >= 0.6 is 29.6 Å². The average molecular weight is 989 g/mol. The maximum absolute atomic E-state index is 7.94. The standard InChI is InChI=1S/C11H32I4O3S4.C3H8O2.4CH4/c1-11-22(10,18-13-19(3,4)5)15-17-21(8,9)14-16-20(6,7)12-2;1-5-3-2-4;;;;/h11H2,1-10H3;4H,2-3H2,1H3;4*1H4/q-4;;;;;. The molecular weight excluding hydrogens is 932 g/mol. The average Bonchev–Trinajstić information content (AvgIpc) is 2.58. The second-order valence-corrected chi connectivity index (χ2v) is 53.0. The molecule has 31 heavy (non-hydrogen) atoms. The Balaban J connectivity index is -0.000000155. The second kappa shape index (κ2) is 24.5. The Labute approximate surface area is 241 Å². The minimum Gasteiger partial charge on any atom is -0.394 e. The first-order chi connectivity index (χ1) is 12.2. The molecule has 0 aromatic heterocycles. The van der Waals surface area contributed by atoms with Gasteiger partial charge in [-0.25, -0.2) is 0 Å². The Bertz CT molecular complexity index is 390. The molecule has 0 radical (unpaired) electrons. The zero-order valence-electron chi connectivity index (χ0n) is 18.3. The fraction of sp³-hybridized carbons (Fsp3) is 1.00. The van der Waals surface area contributed by atoms with E-state index in [1.165, 1.54) is 0 Å². The van der Waals surface area contributed by atoms with Gasteiger partial charge in [-0.1, -0.05) is 29.7 Å². The van der Waals surface area contributed by atoms with Crippen molar-refractivity contribution in [3.8, 4) is 0 Å². The van der Waals surface area contributed by atoms with E-state index in [-0.39, 0.29) is 117 Å². The van der Waals surface area contributed by atoms with Crippen molar-refractivity contribution >= 4 is 29.6 Å². The maximum Gasteiger partial charge on any atom is 0.0693 e. The van der Waals surface area contributed by atoms with Gasteiger partial charge in [0.2, 0.25) is 0 Å². The van der Waals surface area contributed by atoms with Crippen LogP contribution < -0.4 is 80.5 Å². The van der Waals surface area contributed by atoms with Crippen LogP contribution in [0.5, 0.6) is 0 Å². The maximum atomic E-state index is 7.94. The number of aliphatic hydroxyl groups is 1. The van der Waals surface area contributed by atoms with Crippen LogP contribution in [0.15, 0.2) is 0 Å². The Morgan fingerprint density at radius 3 is 1.45 bits per heavy atom. The molecule has 0 fully saturated rings. The predicted octanol–water partition coefficient (Wildman–Crippen LogP) is -5.38. The van der Waals surface area contributed by atoms with Crippen LogP contribution in [0.1, 0.15) is 36.6 Å². The molecule has 0 spiro atoms. The summed E-state index contributed by atoms with van der Waals surface area (Å²) in [6.45, 7) is 2.83. The number of rotatable bonds is 13. The van der Waals surface area contributed by atoms with Crippen LogP contribution in [0.2, 0.25) is 0 Å². The number of halogens is 4. The zero-order chi connectivity index (χ0) is 21.8. The molecule has 0 heterocycles. The molecule has 0 aromatic rings. The van der Waals surface area contributed by atoms with Crippen LogP contribution in [0.3, 0.4) is 0 Å². The van der Waals surface area contributed by atoms with E-state index < -0.39 is 29.6 Å². The summed E-state index contributed by atoms with van der Waals surface area (Å²) in [5, 5.41) is 7.94. The van der Waals surface area contributed by atoms with Crippen molar-refractivity contribution in [2.75, 3.05) is 81.1 Å². The molecule has 0 amide bonds. The molecule has 0 bridgehead atoms. The van der Waals surface area contributed by atoms with E-state index in [1.807, 2.05) is 0 Å². The van der Waals surface area contributed by atoms with Gasteiger partial charge in [-0.15, -0.1) is 0 Å². The van der Waals surface area contributed by atoms with Gasteiger partial charge in [0.1, 0.15) is 0 Å². The third kappa shape index (κ3) is 32.1. The first kappa shape index (κ1) is 48.2. The predicted molar refractivity (Wildman–Crippen MR) is 143 cm³/mol. The smallest absolute Gasteiger partial charge is 0.0693 e. The third-order valence-electron chi connectivity index (χ3n) is 2.16. The summed E-state index contributed by atoms with van der Waals surface area (Å²) < 4.78 is 23.7. The van der Waals surface area contributed by atoms with E-state index in [0.717, 1.165) is 5.75 Å². The molecule has 1 unspecified atom stereocenters. The van der Waals surface area contributed by atoms with Gasteiger partial charge in [-0.3, -0.25) is 0 Å². The molecule has 0 aliphatic heterocycles. The van der Waals surface area contributed by atoms with E-state index >= 15 is 0 Å². The summed E-state index contributed by atoms with van der Waals surface area (Å²) in [5.41, 5.74) is 0. The summed E-state index contributed by atoms with van der Waals surface area (Å²) >= 11 is -0.540. The Hall–Kier alpha value is 4.12. The first-order valence-electron chi connectivity index (χ1n) is 7.73. The summed E-state index contributed by atoms with van der Waals surface area (Å²) in [5.74, 6) is 1.14. The van der Waals surface area contributed by atoms with Gasteiger partial charge in [0.15, 0.2) is 0 Å². The quantitative estimate of drug-likeness (QED) is 0.148. The van der Waals surface area contributed by atoms with Crippen molar-refractivity contribution in [3.05, 3.63) is 0 Å². The minimum atomic E-state index is -0.987. The molecule has 0 saturated carbocycles. The van der Waals surface area contributed by atoms with Gasteiger partial charge in [0, 0.05) is 7.11 Å². The van der Waals surface area contributed by atoms with Gasteiger partial charge in [0.05, 0.1) is 13.2 Å². The van der Waals surface area contributed by atoms with Crippen LogP contribution in [-0.4, -0.2) is 86.2 Å². The zero-order valence-corrected chi connectivity index (χ0v) is 30.2. The van der Waals surface area contributed by atoms with Crippen LogP contribution in [0.25, 0.3) is 0 Å². The molecule has 0 aliphatic carbocycles. The molecule has 0 aliphatic rings. The van der Waals surface area contributed by atoms with Gasteiger partial charge >= 0.3 is 185 Å². The van der Waals surface area contributed by atoms with Crippen LogP contribution in [-0.2, 0) is 12.3 Å². The monoisotopic (exact) mass is 988 g/mol. The molecule has 214 valence electrons. The summed E-state index contributed by atoms with van der Waals surface area (Å²) in [7, 11) is -1.62. The van der Waals surface area contributed by atoms with E-state index in [4.69, 9.17) is 12.6 Å². The van der Waals surface area contributed by atoms with E-state index in [1.54, 1.807) is 7.11 Å². The Morgan fingerprint density at radius 1 is 0.710 bits per heavy atom. The molecule has 1 atom stereocenters. The van der Waals surface area contributed by atoms with E-state index in [0.29, 0.717) is 6.61 Å². The number of aliphatic hydroxyl groups excluding tert-OH is 1. The normalized spacial score (nSPS) is 16.3. The number of methoxy groups -OCH3 is 1. The fourth-order valence-electron chi connectivity index (χ4n) is 0.593. The minimum absolute atomic E-state index is 0. The molecule has 0 rings (SSSR count). The topological polar surface area (TPSA) is 57.2 Å². The molecule has 0 aromatic carbocycles. The van der Waals surface area contributed by atoms with Gasteiger partial charge in [-0.05, 0) is 0 Å². The number of hydrogen-bond donors (Lipinski definition) is 1. The molecule has 1 N–H and O–H groups in total. The van der Waals surface area contributed by atoms with Crippen molar-refractivity contribution in [1.82, 2.24) is 0 Å². The Kier molecular flexibility index (Phi) is 38.0. The second-order valence-electron chi connectivity index (χ2n) is 6.35. The summed E-state index contributed by atoms with van der Waals surface area (Å²) in [6.07, 6.45) is 18.6. The third-order valence-corrected chi connectivity index (χ3v) is 42.3.